The third-order valence-corrected chi connectivity index (χ3v) is 3.48. The summed E-state index contributed by atoms with van der Waals surface area (Å²) in [4.78, 5) is 22.3. The summed E-state index contributed by atoms with van der Waals surface area (Å²) >= 11 is 0. The van der Waals surface area contributed by atoms with Crippen molar-refractivity contribution in [3.63, 3.8) is 0 Å². The van der Waals surface area contributed by atoms with Gasteiger partial charge >= 0.3 is 5.97 Å². The lowest BCUT2D eigenvalue weighted by molar-refractivity contribution is -0.388. The highest BCUT2D eigenvalue weighted by Gasteiger charge is 2.16. The van der Waals surface area contributed by atoms with E-state index in [2.05, 4.69) is 18.4 Å². The van der Waals surface area contributed by atoms with E-state index in [4.69, 9.17) is 9.47 Å². The zero-order valence-corrected chi connectivity index (χ0v) is 13.6. The van der Waals surface area contributed by atoms with Crippen molar-refractivity contribution in [1.29, 1.82) is 0 Å². The molecule has 6 heteroatoms. The molecule has 0 aromatic heterocycles. The lowest BCUT2D eigenvalue weighted by Gasteiger charge is -2.15. The monoisotopic (exact) mass is 304 g/mol. The largest absolute Gasteiger partial charge is 0.463 e. The van der Waals surface area contributed by atoms with E-state index < -0.39 is 0 Å². The molecule has 0 aliphatic rings. The summed E-state index contributed by atoms with van der Waals surface area (Å²) in [6.45, 7) is 6.44. The van der Waals surface area contributed by atoms with Gasteiger partial charge in [0, 0.05) is 24.7 Å². The topological polar surface area (TPSA) is 108 Å². The average Bonchev–Trinajstić information content (AvgIpc) is 2.46. The van der Waals surface area contributed by atoms with Gasteiger partial charge in [0.2, 0.25) is 0 Å². The summed E-state index contributed by atoms with van der Waals surface area (Å²) in [5.74, 6) is 0.942. The number of carbonyl (C=O) groups excluding carboxylic acids is 2. The smallest absolute Gasteiger partial charge is 0.305 e. The molecule has 0 aliphatic heterocycles. The molecule has 2 unspecified atom stereocenters. The first-order valence-electron chi connectivity index (χ1n) is 7.80. The number of quaternary nitrogens is 2. The molecule has 0 amide bonds. The number of esters is 1. The Hall–Kier alpha value is -0.980. The maximum Gasteiger partial charge on any atom is 0.305 e. The Kier molecular flexibility index (Phi) is 12.1. The Morgan fingerprint density at radius 3 is 2.33 bits per heavy atom. The summed E-state index contributed by atoms with van der Waals surface area (Å²) in [6, 6.07) is 0. The average molecular weight is 304 g/mol. The highest BCUT2D eigenvalue weighted by Crippen LogP contribution is 2.15. The minimum atomic E-state index is -0.189. The Balaban J connectivity index is 3.62. The number of Topliss-reactive ketones (excluding diaryl/α,β-unsaturated/α-hetero) is 1. The van der Waals surface area contributed by atoms with Crippen molar-refractivity contribution in [1.82, 2.24) is 0 Å². The van der Waals surface area contributed by atoms with E-state index in [1.54, 1.807) is 0 Å². The fraction of sp³-hybridized carbons (Fsp3) is 0.867. The number of rotatable bonds is 13. The van der Waals surface area contributed by atoms with Gasteiger partial charge in [-0.25, -0.2) is 0 Å². The quantitative estimate of drug-likeness (QED) is 0.351. The number of carbonyl (C=O) groups is 2. The number of hydrogen-bond donors (Lipinski definition) is 2. The molecular formula is C15H32N2O4+2. The Bertz CT molecular complexity index is 297. The van der Waals surface area contributed by atoms with Crippen LogP contribution in [0.1, 0.15) is 39.5 Å². The normalized spacial score (nSPS) is 13.7. The third-order valence-electron chi connectivity index (χ3n) is 3.48. The molecular weight excluding hydrogens is 272 g/mol. The van der Waals surface area contributed by atoms with Crippen LogP contribution in [-0.2, 0) is 19.1 Å². The first-order chi connectivity index (χ1) is 9.99. The molecule has 0 radical (unpaired) electrons. The van der Waals surface area contributed by atoms with Crippen LogP contribution in [0, 0.1) is 11.8 Å². The van der Waals surface area contributed by atoms with Gasteiger partial charge in [-0.3, -0.25) is 9.59 Å². The zero-order chi connectivity index (χ0) is 16.1. The van der Waals surface area contributed by atoms with Gasteiger partial charge in [-0.1, -0.05) is 6.92 Å². The van der Waals surface area contributed by atoms with Gasteiger partial charge in [-0.05, 0) is 19.8 Å². The SMILES string of the molecule is CC(=O)CCOCCOC(=O)CCC(C[NH3+])CC(C)C[NH3+]. The van der Waals surface area contributed by atoms with E-state index >= 15 is 0 Å². The van der Waals surface area contributed by atoms with Crippen LogP contribution in [0.4, 0.5) is 0 Å². The second-order valence-corrected chi connectivity index (χ2v) is 5.61. The minimum absolute atomic E-state index is 0.0997. The van der Waals surface area contributed by atoms with Crippen LogP contribution >= 0.6 is 0 Å². The molecule has 2 atom stereocenters. The van der Waals surface area contributed by atoms with Crippen molar-refractivity contribution in [3.05, 3.63) is 0 Å². The van der Waals surface area contributed by atoms with Crippen molar-refractivity contribution in [2.45, 2.75) is 39.5 Å². The number of hydrogen-bond acceptors (Lipinski definition) is 4. The lowest BCUT2D eigenvalue weighted by atomic mass is 9.92. The summed E-state index contributed by atoms with van der Waals surface area (Å²) in [5, 5.41) is 0. The van der Waals surface area contributed by atoms with Crippen molar-refractivity contribution < 1.29 is 30.5 Å². The van der Waals surface area contributed by atoms with Crippen molar-refractivity contribution in [2.75, 3.05) is 32.9 Å². The second kappa shape index (κ2) is 12.7. The van der Waals surface area contributed by atoms with Gasteiger partial charge < -0.3 is 20.9 Å². The predicted molar refractivity (Wildman–Crippen MR) is 79.1 cm³/mol. The first kappa shape index (κ1) is 20.0. The van der Waals surface area contributed by atoms with E-state index in [0.29, 0.717) is 37.9 Å². The van der Waals surface area contributed by atoms with Gasteiger partial charge in [0.05, 0.1) is 26.3 Å². The fourth-order valence-electron chi connectivity index (χ4n) is 1.99. The summed E-state index contributed by atoms with van der Waals surface area (Å²) in [5.41, 5.74) is 7.84. The maximum atomic E-state index is 11.6. The second-order valence-electron chi connectivity index (χ2n) is 5.61. The van der Waals surface area contributed by atoms with E-state index in [-0.39, 0.29) is 18.4 Å². The zero-order valence-electron chi connectivity index (χ0n) is 13.6. The molecule has 0 spiro atoms. The molecule has 0 heterocycles. The van der Waals surface area contributed by atoms with Crippen LogP contribution in [0.2, 0.25) is 0 Å². The van der Waals surface area contributed by atoms with E-state index in [1.807, 2.05) is 0 Å². The molecule has 0 aromatic carbocycles. The molecule has 0 saturated carbocycles. The van der Waals surface area contributed by atoms with Gasteiger partial charge in [-0.15, -0.1) is 0 Å². The molecule has 0 fully saturated rings. The summed E-state index contributed by atoms with van der Waals surface area (Å²) in [7, 11) is 0. The number of ether oxygens (including phenoxy) is 2. The molecule has 0 aliphatic carbocycles. The van der Waals surface area contributed by atoms with Crippen molar-refractivity contribution >= 4 is 11.8 Å². The van der Waals surface area contributed by atoms with Gasteiger partial charge in [0.15, 0.2) is 0 Å². The Morgan fingerprint density at radius 2 is 1.76 bits per heavy atom. The molecule has 124 valence electrons. The predicted octanol–water partition coefficient (Wildman–Crippen LogP) is -0.568. The summed E-state index contributed by atoms with van der Waals surface area (Å²) in [6.07, 6.45) is 2.72. The minimum Gasteiger partial charge on any atom is -0.463 e. The standard InChI is InChI=1S/C15H30N2O4/c1-12(10-16)9-14(11-17)3-4-15(19)21-8-7-20-6-5-13(2)18/h12,14H,3-11,16-17H2,1-2H3/p+2. The lowest BCUT2D eigenvalue weighted by Crippen LogP contribution is -2.56. The summed E-state index contributed by atoms with van der Waals surface area (Å²) < 4.78 is 10.3. The van der Waals surface area contributed by atoms with Crippen LogP contribution in [0.25, 0.3) is 0 Å². The molecule has 6 nitrogen and oxygen atoms in total. The van der Waals surface area contributed by atoms with E-state index in [9.17, 15) is 9.59 Å². The first-order valence-corrected chi connectivity index (χ1v) is 7.80. The van der Waals surface area contributed by atoms with Crippen LogP contribution in [-0.4, -0.2) is 44.7 Å². The van der Waals surface area contributed by atoms with Crippen LogP contribution < -0.4 is 11.5 Å². The van der Waals surface area contributed by atoms with Crippen LogP contribution in [0.5, 0.6) is 0 Å². The van der Waals surface area contributed by atoms with Gasteiger partial charge in [0.1, 0.15) is 12.4 Å². The van der Waals surface area contributed by atoms with Crippen molar-refractivity contribution in [3.8, 4) is 0 Å². The van der Waals surface area contributed by atoms with Crippen LogP contribution in [0.15, 0.2) is 0 Å². The highest BCUT2D eigenvalue weighted by atomic mass is 16.6. The van der Waals surface area contributed by atoms with E-state index in [1.165, 1.54) is 6.92 Å². The molecule has 0 rings (SSSR count). The highest BCUT2D eigenvalue weighted by molar-refractivity contribution is 5.75. The Morgan fingerprint density at radius 1 is 1.05 bits per heavy atom. The van der Waals surface area contributed by atoms with E-state index in [0.717, 1.165) is 25.9 Å². The third kappa shape index (κ3) is 12.5. The Labute approximate surface area is 127 Å². The molecule has 0 bridgehead atoms. The molecule has 0 aromatic rings. The van der Waals surface area contributed by atoms with Crippen LogP contribution in [0.3, 0.4) is 0 Å². The molecule has 6 N–H and O–H groups in total. The fourth-order valence-corrected chi connectivity index (χ4v) is 1.99. The van der Waals surface area contributed by atoms with Gasteiger partial charge in [-0.2, -0.15) is 0 Å². The van der Waals surface area contributed by atoms with Crippen molar-refractivity contribution in [2.24, 2.45) is 11.8 Å². The molecule has 21 heavy (non-hydrogen) atoms. The number of ketones is 1. The maximum absolute atomic E-state index is 11.6. The van der Waals surface area contributed by atoms with Gasteiger partial charge in [0.25, 0.3) is 0 Å². The molecule has 0 saturated heterocycles.